The van der Waals surface area contributed by atoms with Gasteiger partial charge in [-0.15, -0.1) is 0 Å². The number of nitrogens with one attached hydrogen (secondary N) is 2. The molecular weight excluding hydrogens is 362 g/mol. The van der Waals surface area contributed by atoms with E-state index in [2.05, 4.69) is 57.3 Å². The van der Waals surface area contributed by atoms with Crippen LogP contribution in [0.2, 0.25) is 0 Å². The molecule has 142 valence electrons. The van der Waals surface area contributed by atoms with Gasteiger partial charge in [0, 0.05) is 5.56 Å². The third-order valence-electron chi connectivity index (χ3n) is 4.87. The minimum Gasteiger partial charge on any atom is -0.360 e. The Labute approximate surface area is 167 Å². The van der Waals surface area contributed by atoms with Gasteiger partial charge in [-0.25, -0.2) is 24.9 Å². The zero-order valence-corrected chi connectivity index (χ0v) is 16.1. The highest BCUT2D eigenvalue weighted by molar-refractivity contribution is 5.83. The van der Waals surface area contributed by atoms with Crippen molar-refractivity contribution in [2.24, 2.45) is 0 Å². The van der Waals surface area contributed by atoms with Crippen LogP contribution in [0.25, 0.3) is 33.5 Å². The molecule has 0 aliphatic rings. The molecule has 0 aliphatic carbocycles. The van der Waals surface area contributed by atoms with Crippen LogP contribution >= 0.6 is 0 Å². The molecule has 0 fully saturated rings. The minimum absolute atomic E-state index is 0.141. The summed E-state index contributed by atoms with van der Waals surface area (Å²) in [5, 5.41) is 3.44. The molecule has 5 aromatic rings. The monoisotopic (exact) mass is 381 g/mol. The summed E-state index contributed by atoms with van der Waals surface area (Å²) in [6.45, 7) is 4.13. The van der Waals surface area contributed by atoms with Gasteiger partial charge in [-0.2, -0.15) is 0 Å². The predicted molar refractivity (Wildman–Crippen MR) is 113 cm³/mol. The molecule has 0 aliphatic heterocycles. The molecule has 2 N–H and O–H groups in total. The summed E-state index contributed by atoms with van der Waals surface area (Å²) in [5.74, 6) is 0.661. The second-order valence-corrected chi connectivity index (χ2v) is 7.00. The van der Waals surface area contributed by atoms with E-state index in [4.69, 9.17) is 9.97 Å². The maximum Gasteiger partial charge on any atom is 0.162 e. The van der Waals surface area contributed by atoms with E-state index in [9.17, 15) is 0 Å². The van der Waals surface area contributed by atoms with Crippen LogP contribution in [-0.2, 0) is 0 Å². The van der Waals surface area contributed by atoms with Crippen molar-refractivity contribution >= 4 is 28.0 Å². The number of rotatable bonds is 4. The SMILES string of the molecule is Cc1cccc(-c2nc3ccccc3nc2C(C)Nc2ncnc3[nH]cnc23)c1. The van der Waals surface area contributed by atoms with Crippen LogP contribution in [-0.4, -0.2) is 29.9 Å². The van der Waals surface area contributed by atoms with Gasteiger partial charge in [-0.1, -0.05) is 35.9 Å². The molecule has 29 heavy (non-hydrogen) atoms. The molecule has 0 bridgehead atoms. The number of aromatic amines is 1. The summed E-state index contributed by atoms with van der Waals surface area (Å²) in [7, 11) is 0. The van der Waals surface area contributed by atoms with Crippen molar-refractivity contribution in [3.8, 4) is 11.3 Å². The smallest absolute Gasteiger partial charge is 0.162 e. The lowest BCUT2D eigenvalue weighted by atomic mass is 10.0. The quantitative estimate of drug-likeness (QED) is 0.478. The Morgan fingerprint density at radius 1 is 0.931 bits per heavy atom. The first-order valence-corrected chi connectivity index (χ1v) is 9.43. The van der Waals surface area contributed by atoms with E-state index in [1.165, 1.54) is 11.9 Å². The van der Waals surface area contributed by atoms with E-state index in [-0.39, 0.29) is 6.04 Å². The number of para-hydroxylation sites is 2. The second-order valence-electron chi connectivity index (χ2n) is 7.00. The topological polar surface area (TPSA) is 92.3 Å². The highest BCUT2D eigenvalue weighted by Crippen LogP contribution is 2.30. The Morgan fingerprint density at radius 3 is 2.59 bits per heavy atom. The lowest BCUT2D eigenvalue weighted by molar-refractivity contribution is 0.835. The number of imidazole rings is 1. The molecule has 7 heteroatoms. The predicted octanol–water partition coefficient (Wildman–Crippen LogP) is 4.44. The Bertz CT molecular complexity index is 1330. The van der Waals surface area contributed by atoms with Gasteiger partial charge in [0.05, 0.1) is 34.8 Å². The van der Waals surface area contributed by atoms with Gasteiger partial charge >= 0.3 is 0 Å². The number of nitrogens with zero attached hydrogens (tertiary/aromatic N) is 5. The largest absolute Gasteiger partial charge is 0.360 e. The molecule has 0 saturated carbocycles. The number of fused-ring (bicyclic) bond motifs is 2. The summed E-state index contributed by atoms with van der Waals surface area (Å²) >= 11 is 0. The van der Waals surface area contributed by atoms with Gasteiger partial charge in [-0.3, -0.25) is 0 Å². The van der Waals surface area contributed by atoms with Crippen LogP contribution in [0.4, 0.5) is 5.82 Å². The molecule has 3 heterocycles. The van der Waals surface area contributed by atoms with Gasteiger partial charge in [-0.05, 0) is 32.0 Å². The first-order valence-electron chi connectivity index (χ1n) is 9.43. The number of aromatic nitrogens is 6. The number of hydrogen-bond donors (Lipinski definition) is 2. The fourth-order valence-electron chi connectivity index (χ4n) is 3.46. The summed E-state index contributed by atoms with van der Waals surface area (Å²) in [5.41, 5.74) is 7.06. The first kappa shape index (κ1) is 17.2. The fourth-order valence-corrected chi connectivity index (χ4v) is 3.46. The van der Waals surface area contributed by atoms with Gasteiger partial charge in [0.25, 0.3) is 0 Å². The molecule has 3 aromatic heterocycles. The first-order chi connectivity index (χ1) is 14.2. The van der Waals surface area contributed by atoms with Crippen LogP contribution in [0.1, 0.15) is 24.2 Å². The van der Waals surface area contributed by atoms with Gasteiger partial charge < -0.3 is 10.3 Å². The van der Waals surface area contributed by atoms with Crippen molar-refractivity contribution in [1.82, 2.24) is 29.9 Å². The minimum atomic E-state index is -0.141. The van der Waals surface area contributed by atoms with Crippen molar-refractivity contribution in [2.75, 3.05) is 5.32 Å². The van der Waals surface area contributed by atoms with E-state index in [1.807, 2.05) is 30.3 Å². The van der Waals surface area contributed by atoms with Gasteiger partial charge in [0.1, 0.15) is 11.8 Å². The highest BCUT2D eigenvalue weighted by Gasteiger charge is 2.19. The molecule has 0 radical (unpaired) electrons. The van der Waals surface area contributed by atoms with Crippen molar-refractivity contribution < 1.29 is 0 Å². The van der Waals surface area contributed by atoms with Crippen LogP contribution < -0.4 is 5.32 Å². The van der Waals surface area contributed by atoms with E-state index >= 15 is 0 Å². The maximum absolute atomic E-state index is 4.95. The Hall–Kier alpha value is -3.87. The molecule has 2 aromatic carbocycles. The van der Waals surface area contributed by atoms with Crippen molar-refractivity contribution in [1.29, 1.82) is 0 Å². The average molecular weight is 381 g/mol. The molecule has 0 amide bonds. The van der Waals surface area contributed by atoms with Gasteiger partial charge in [0.2, 0.25) is 0 Å². The number of benzene rings is 2. The van der Waals surface area contributed by atoms with Crippen molar-refractivity contribution in [2.45, 2.75) is 19.9 Å². The van der Waals surface area contributed by atoms with E-state index in [1.54, 1.807) is 6.33 Å². The maximum atomic E-state index is 4.95. The molecule has 1 atom stereocenters. The standard InChI is InChI=1S/C22H19N7/c1-13-6-5-7-15(10-13)19-18(28-16-8-3-4-9-17(16)29-19)14(2)27-22-20-21(24-11-23-20)25-12-26-22/h3-12,14H,1-2H3,(H2,23,24,25,26,27). The lowest BCUT2D eigenvalue weighted by Crippen LogP contribution is -2.13. The second kappa shape index (κ2) is 6.94. The molecule has 1 unspecified atom stereocenters. The number of hydrogen-bond acceptors (Lipinski definition) is 6. The van der Waals surface area contributed by atoms with Crippen LogP contribution in [0, 0.1) is 6.92 Å². The number of anilines is 1. The molecular formula is C22H19N7. The van der Waals surface area contributed by atoms with E-state index in [0.717, 1.165) is 28.0 Å². The Kier molecular flexibility index (Phi) is 4.13. The Morgan fingerprint density at radius 2 is 1.76 bits per heavy atom. The number of H-pyrrole nitrogens is 1. The zero-order valence-electron chi connectivity index (χ0n) is 16.1. The molecule has 7 nitrogen and oxygen atoms in total. The summed E-state index contributed by atoms with van der Waals surface area (Å²) in [6.07, 6.45) is 3.13. The van der Waals surface area contributed by atoms with E-state index < -0.39 is 0 Å². The third-order valence-corrected chi connectivity index (χ3v) is 4.87. The molecule has 0 saturated heterocycles. The van der Waals surface area contributed by atoms with Gasteiger partial charge in [0.15, 0.2) is 11.5 Å². The van der Waals surface area contributed by atoms with Crippen LogP contribution in [0.3, 0.4) is 0 Å². The summed E-state index contributed by atoms with van der Waals surface area (Å²) in [4.78, 5) is 25.8. The Balaban J connectivity index is 1.64. The third kappa shape index (κ3) is 3.16. The zero-order chi connectivity index (χ0) is 19.8. The molecule has 5 rings (SSSR count). The van der Waals surface area contributed by atoms with Crippen LogP contribution in [0.15, 0.2) is 61.2 Å². The molecule has 0 spiro atoms. The summed E-state index contributed by atoms with van der Waals surface area (Å²) < 4.78 is 0. The van der Waals surface area contributed by atoms with Crippen LogP contribution in [0.5, 0.6) is 0 Å². The highest BCUT2D eigenvalue weighted by atomic mass is 15.1. The normalized spacial score (nSPS) is 12.3. The van der Waals surface area contributed by atoms with Crippen molar-refractivity contribution in [3.05, 3.63) is 72.4 Å². The average Bonchev–Trinajstić information content (AvgIpc) is 3.23. The lowest BCUT2D eigenvalue weighted by Gasteiger charge is -2.18. The fraction of sp³-hybridized carbons (Fsp3) is 0.136. The van der Waals surface area contributed by atoms with E-state index in [0.29, 0.717) is 17.0 Å². The van der Waals surface area contributed by atoms with Crippen molar-refractivity contribution in [3.63, 3.8) is 0 Å². The summed E-state index contributed by atoms with van der Waals surface area (Å²) in [6, 6.07) is 16.1. The number of aryl methyl sites for hydroxylation is 1.